The molecule has 1 amide bonds. The lowest BCUT2D eigenvalue weighted by molar-refractivity contribution is 0.0164. The largest absolute Gasteiger partial charge is 0.477 e. The van der Waals surface area contributed by atoms with E-state index in [1.165, 1.54) is 12.1 Å². The predicted octanol–water partition coefficient (Wildman–Crippen LogP) is 4.70. The van der Waals surface area contributed by atoms with Crippen molar-refractivity contribution < 1.29 is 23.4 Å². The van der Waals surface area contributed by atoms with Gasteiger partial charge in [-0.3, -0.25) is 0 Å². The zero-order chi connectivity index (χ0) is 23.1. The van der Waals surface area contributed by atoms with Crippen LogP contribution in [0.25, 0.3) is 0 Å². The van der Waals surface area contributed by atoms with Gasteiger partial charge in [-0.05, 0) is 51.7 Å². The highest BCUT2D eigenvalue weighted by molar-refractivity contribution is 5.68. The monoisotopic (exact) mass is 441 g/mol. The molecule has 1 aromatic heterocycles. The van der Waals surface area contributed by atoms with Crippen molar-refractivity contribution in [3.63, 3.8) is 0 Å². The summed E-state index contributed by atoms with van der Waals surface area (Å²) in [6.07, 6.45) is 1.38. The summed E-state index contributed by atoms with van der Waals surface area (Å²) in [4.78, 5) is 18.2. The SMILES string of the molecule is CC(C)(C)OC(=O)N1CCC(COc2cccc(OCc3ccc(C#N)cc3F)n2)CC1. The minimum Gasteiger partial charge on any atom is -0.477 e. The summed E-state index contributed by atoms with van der Waals surface area (Å²) in [6, 6.07) is 11.3. The molecule has 3 rings (SSSR count). The number of hydrogen-bond acceptors (Lipinski definition) is 6. The van der Waals surface area contributed by atoms with Gasteiger partial charge in [0.15, 0.2) is 0 Å². The average molecular weight is 442 g/mol. The molecule has 1 aliphatic heterocycles. The molecule has 1 fully saturated rings. The Hall–Kier alpha value is -3.34. The van der Waals surface area contributed by atoms with Crippen molar-refractivity contribution in [1.82, 2.24) is 9.88 Å². The molecule has 1 aromatic carbocycles. The van der Waals surface area contributed by atoms with Gasteiger partial charge in [-0.15, -0.1) is 0 Å². The molecule has 0 aliphatic carbocycles. The molecule has 0 saturated carbocycles. The van der Waals surface area contributed by atoms with Gasteiger partial charge in [0.1, 0.15) is 18.0 Å². The number of benzene rings is 1. The summed E-state index contributed by atoms with van der Waals surface area (Å²) in [6.45, 7) is 7.33. The molecule has 7 nitrogen and oxygen atoms in total. The maximum Gasteiger partial charge on any atom is 0.410 e. The van der Waals surface area contributed by atoms with Gasteiger partial charge in [0.25, 0.3) is 0 Å². The highest BCUT2D eigenvalue weighted by Gasteiger charge is 2.27. The standard InChI is InChI=1S/C24H28FN3O4/c1-24(2,3)32-23(29)28-11-9-17(10-12-28)15-30-21-5-4-6-22(27-21)31-16-19-8-7-18(14-26)13-20(19)25/h4-8,13,17H,9-12,15-16H2,1-3H3. The van der Waals surface area contributed by atoms with Gasteiger partial charge in [-0.25, -0.2) is 9.18 Å². The van der Waals surface area contributed by atoms with Crippen molar-refractivity contribution in [3.05, 3.63) is 53.3 Å². The van der Waals surface area contributed by atoms with Crippen LogP contribution in [0, 0.1) is 23.1 Å². The van der Waals surface area contributed by atoms with Crippen LogP contribution in [-0.2, 0) is 11.3 Å². The van der Waals surface area contributed by atoms with E-state index in [0.29, 0.717) is 42.9 Å². The van der Waals surface area contributed by atoms with Crippen LogP contribution in [0.2, 0.25) is 0 Å². The van der Waals surface area contributed by atoms with E-state index in [4.69, 9.17) is 19.5 Å². The van der Waals surface area contributed by atoms with Crippen LogP contribution in [0.3, 0.4) is 0 Å². The summed E-state index contributed by atoms with van der Waals surface area (Å²) >= 11 is 0. The minimum absolute atomic E-state index is 0.00286. The molecule has 1 saturated heterocycles. The van der Waals surface area contributed by atoms with Crippen molar-refractivity contribution in [2.75, 3.05) is 19.7 Å². The quantitative estimate of drug-likeness (QED) is 0.646. The zero-order valence-corrected chi connectivity index (χ0v) is 18.6. The third kappa shape index (κ3) is 6.84. The van der Waals surface area contributed by atoms with Crippen LogP contribution in [-0.4, -0.2) is 41.3 Å². The van der Waals surface area contributed by atoms with Gasteiger partial charge in [-0.2, -0.15) is 10.2 Å². The lowest BCUT2D eigenvalue weighted by Gasteiger charge is -2.33. The number of rotatable bonds is 6. The van der Waals surface area contributed by atoms with Crippen molar-refractivity contribution in [1.29, 1.82) is 5.26 Å². The smallest absolute Gasteiger partial charge is 0.410 e. The molecule has 32 heavy (non-hydrogen) atoms. The molecule has 0 spiro atoms. The third-order valence-corrected chi connectivity index (χ3v) is 4.99. The van der Waals surface area contributed by atoms with Gasteiger partial charge in [0, 0.05) is 30.8 Å². The number of nitriles is 1. The Bertz CT molecular complexity index is 976. The number of hydrogen-bond donors (Lipinski definition) is 0. The number of aromatic nitrogens is 1. The second-order valence-corrected chi connectivity index (χ2v) is 8.74. The highest BCUT2D eigenvalue weighted by atomic mass is 19.1. The summed E-state index contributed by atoms with van der Waals surface area (Å²) in [5.41, 5.74) is 0.104. The Morgan fingerprint density at radius 3 is 2.50 bits per heavy atom. The van der Waals surface area contributed by atoms with E-state index in [0.717, 1.165) is 12.8 Å². The third-order valence-electron chi connectivity index (χ3n) is 4.99. The number of pyridine rings is 1. The maximum atomic E-state index is 14.0. The molecular weight excluding hydrogens is 413 g/mol. The van der Waals surface area contributed by atoms with E-state index in [1.807, 2.05) is 26.8 Å². The fourth-order valence-electron chi connectivity index (χ4n) is 3.25. The van der Waals surface area contributed by atoms with Crippen molar-refractivity contribution >= 4 is 6.09 Å². The van der Waals surface area contributed by atoms with Gasteiger partial charge < -0.3 is 19.1 Å². The van der Waals surface area contributed by atoms with Crippen molar-refractivity contribution in [2.24, 2.45) is 5.92 Å². The number of amides is 1. The molecular formula is C24H28FN3O4. The lowest BCUT2D eigenvalue weighted by atomic mass is 9.98. The zero-order valence-electron chi connectivity index (χ0n) is 18.6. The highest BCUT2D eigenvalue weighted by Crippen LogP contribution is 2.22. The lowest BCUT2D eigenvalue weighted by Crippen LogP contribution is -2.42. The Labute approximate surface area is 187 Å². The van der Waals surface area contributed by atoms with E-state index in [2.05, 4.69) is 4.98 Å². The fraction of sp³-hybridized carbons (Fsp3) is 0.458. The fourth-order valence-corrected chi connectivity index (χ4v) is 3.25. The van der Waals surface area contributed by atoms with Gasteiger partial charge in [-0.1, -0.05) is 12.1 Å². The van der Waals surface area contributed by atoms with Crippen LogP contribution in [0.1, 0.15) is 44.7 Å². The first kappa shape index (κ1) is 23.3. The topological polar surface area (TPSA) is 84.7 Å². The second kappa shape index (κ2) is 10.3. The molecule has 0 radical (unpaired) electrons. The van der Waals surface area contributed by atoms with Crippen LogP contribution >= 0.6 is 0 Å². The number of halogens is 1. The number of ether oxygens (including phenoxy) is 3. The molecule has 2 heterocycles. The molecule has 0 N–H and O–H groups in total. The number of piperidine rings is 1. The molecule has 170 valence electrons. The van der Waals surface area contributed by atoms with Crippen molar-refractivity contribution in [2.45, 2.75) is 45.8 Å². The molecule has 1 aliphatic rings. The summed E-state index contributed by atoms with van der Waals surface area (Å²) < 4.78 is 30.8. The van der Waals surface area contributed by atoms with Gasteiger partial charge in [0.05, 0.1) is 18.2 Å². The van der Waals surface area contributed by atoms with Gasteiger partial charge in [0.2, 0.25) is 11.8 Å². The van der Waals surface area contributed by atoms with Crippen LogP contribution in [0.4, 0.5) is 9.18 Å². The Morgan fingerprint density at radius 1 is 1.19 bits per heavy atom. The second-order valence-electron chi connectivity index (χ2n) is 8.74. The average Bonchev–Trinajstić information content (AvgIpc) is 2.76. The van der Waals surface area contributed by atoms with Crippen LogP contribution < -0.4 is 9.47 Å². The van der Waals surface area contributed by atoms with E-state index in [1.54, 1.807) is 29.2 Å². The molecule has 0 unspecified atom stereocenters. The number of likely N-dealkylation sites (tertiary alicyclic amines) is 1. The Kier molecular flexibility index (Phi) is 7.52. The molecule has 2 aromatic rings. The summed E-state index contributed by atoms with van der Waals surface area (Å²) in [7, 11) is 0. The Morgan fingerprint density at radius 2 is 1.88 bits per heavy atom. The first-order valence-corrected chi connectivity index (χ1v) is 10.6. The van der Waals surface area contributed by atoms with E-state index < -0.39 is 11.4 Å². The predicted molar refractivity (Wildman–Crippen MR) is 116 cm³/mol. The first-order valence-electron chi connectivity index (χ1n) is 10.6. The number of carbonyl (C=O) groups is 1. The molecule has 8 heteroatoms. The van der Waals surface area contributed by atoms with E-state index in [9.17, 15) is 9.18 Å². The number of nitrogens with zero attached hydrogens (tertiary/aromatic N) is 3. The van der Waals surface area contributed by atoms with E-state index >= 15 is 0 Å². The van der Waals surface area contributed by atoms with Crippen LogP contribution in [0.15, 0.2) is 36.4 Å². The molecule has 0 atom stereocenters. The van der Waals surface area contributed by atoms with Crippen LogP contribution in [0.5, 0.6) is 11.8 Å². The summed E-state index contributed by atoms with van der Waals surface area (Å²) in [5, 5.41) is 8.82. The van der Waals surface area contributed by atoms with Crippen molar-refractivity contribution in [3.8, 4) is 17.8 Å². The molecule has 0 bridgehead atoms. The first-order chi connectivity index (χ1) is 15.2. The maximum absolute atomic E-state index is 14.0. The summed E-state index contributed by atoms with van der Waals surface area (Å²) in [5.74, 6) is 0.574. The Balaban J connectivity index is 1.46. The van der Waals surface area contributed by atoms with Gasteiger partial charge >= 0.3 is 6.09 Å². The normalized spacial score (nSPS) is 14.5. The number of carbonyl (C=O) groups excluding carboxylic acids is 1. The van der Waals surface area contributed by atoms with E-state index in [-0.39, 0.29) is 18.3 Å². The minimum atomic E-state index is -0.498.